The maximum absolute atomic E-state index is 8.97. The number of hydrogen-bond acceptors (Lipinski definition) is 3. The van der Waals surface area contributed by atoms with Gasteiger partial charge >= 0.3 is 0 Å². The average Bonchev–Trinajstić information content (AvgIpc) is 2.87. The first-order valence-corrected chi connectivity index (χ1v) is 4.82. The van der Waals surface area contributed by atoms with Crippen molar-refractivity contribution >= 4 is 0 Å². The van der Waals surface area contributed by atoms with Crippen molar-refractivity contribution in [1.29, 1.82) is 0 Å². The van der Waals surface area contributed by atoms with Crippen molar-refractivity contribution in [3.8, 4) is 0 Å². The molecule has 0 aromatic carbocycles. The van der Waals surface area contributed by atoms with Gasteiger partial charge in [0, 0.05) is 6.54 Å². The SMILES string of the molecule is OC[C@@H](O)CNCCCC1CC1. The first-order valence-electron chi connectivity index (χ1n) is 4.82. The third-order valence-electron chi connectivity index (χ3n) is 2.25. The second-order valence-electron chi connectivity index (χ2n) is 3.63. The van der Waals surface area contributed by atoms with Crippen LogP contribution in [0.3, 0.4) is 0 Å². The topological polar surface area (TPSA) is 52.5 Å². The van der Waals surface area contributed by atoms with E-state index in [9.17, 15) is 0 Å². The third-order valence-corrected chi connectivity index (χ3v) is 2.25. The minimum atomic E-state index is -0.592. The van der Waals surface area contributed by atoms with Crippen LogP contribution in [0.25, 0.3) is 0 Å². The Morgan fingerprint density at radius 2 is 2.17 bits per heavy atom. The Hall–Kier alpha value is -0.120. The van der Waals surface area contributed by atoms with Gasteiger partial charge in [-0.25, -0.2) is 0 Å². The van der Waals surface area contributed by atoms with Crippen LogP contribution in [0.5, 0.6) is 0 Å². The standard InChI is InChI=1S/C9H19NO2/c11-7-9(12)6-10-5-1-2-8-3-4-8/h8-12H,1-7H2/t9-/m0/s1. The molecule has 0 aromatic heterocycles. The quantitative estimate of drug-likeness (QED) is 0.479. The molecule has 0 heterocycles. The Kier molecular flexibility index (Phi) is 4.58. The smallest absolute Gasteiger partial charge is 0.0894 e. The van der Waals surface area contributed by atoms with Gasteiger partial charge in [0.1, 0.15) is 0 Å². The van der Waals surface area contributed by atoms with Crippen LogP contribution in [-0.4, -0.2) is 36.0 Å². The van der Waals surface area contributed by atoms with Crippen LogP contribution in [-0.2, 0) is 0 Å². The summed E-state index contributed by atoms with van der Waals surface area (Å²) in [5, 5.41) is 20.6. The predicted octanol–water partition coefficient (Wildman–Crippen LogP) is 0.119. The zero-order valence-corrected chi connectivity index (χ0v) is 7.50. The van der Waals surface area contributed by atoms with Crippen molar-refractivity contribution < 1.29 is 10.2 Å². The zero-order chi connectivity index (χ0) is 8.81. The van der Waals surface area contributed by atoms with Crippen molar-refractivity contribution in [2.45, 2.75) is 31.8 Å². The lowest BCUT2D eigenvalue weighted by atomic mass is 10.2. The molecular formula is C9H19NO2. The molecule has 1 aliphatic rings. The van der Waals surface area contributed by atoms with Crippen molar-refractivity contribution in [2.24, 2.45) is 5.92 Å². The van der Waals surface area contributed by atoms with E-state index in [0.717, 1.165) is 12.5 Å². The summed E-state index contributed by atoms with van der Waals surface area (Å²) in [5.74, 6) is 0.995. The number of hydrogen-bond donors (Lipinski definition) is 3. The largest absolute Gasteiger partial charge is 0.394 e. The lowest BCUT2D eigenvalue weighted by molar-refractivity contribution is 0.0945. The Labute approximate surface area is 73.8 Å². The summed E-state index contributed by atoms with van der Waals surface area (Å²) >= 11 is 0. The fourth-order valence-corrected chi connectivity index (χ4v) is 1.26. The van der Waals surface area contributed by atoms with Crippen molar-refractivity contribution in [3.63, 3.8) is 0 Å². The van der Waals surface area contributed by atoms with Gasteiger partial charge < -0.3 is 15.5 Å². The van der Waals surface area contributed by atoms with Crippen molar-refractivity contribution in [2.75, 3.05) is 19.7 Å². The van der Waals surface area contributed by atoms with E-state index in [4.69, 9.17) is 10.2 Å². The van der Waals surface area contributed by atoms with E-state index in [-0.39, 0.29) is 6.61 Å². The molecule has 72 valence electrons. The van der Waals surface area contributed by atoms with E-state index < -0.39 is 6.10 Å². The molecule has 0 radical (unpaired) electrons. The molecule has 12 heavy (non-hydrogen) atoms. The highest BCUT2D eigenvalue weighted by Gasteiger charge is 2.19. The van der Waals surface area contributed by atoms with Crippen LogP contribution in [0.2, 0.25) is 0 Å². The number of nitrogens with one attached hydrogen (secondary N) is 1. The van der Waals surface area contributed by atoms with E-state index >= 15 is 0 Å². The number of rotatable bonds is 7. The summed E-state index contributed by atoms with van der Waals surface area (Å²) in [6, 6.07) is 0. The zero-order valence-electron chi connectivity index (χ0n) is 7.50. The summed E-state index contributed by atoms with van der Waals surface area (Å²) in [7, 11) is 0. The van der Waals surface area contributed by atoms with Crippen LogP contribution in [0.1, 0.15) is 25.7 Å². The van der Waals surface area contributed by atoms with Gasteiger partial charge in [-0.05, 0) is 25.3 Å². The lowest BCUT2D eigenvalue weighted by Gasteiger charge is -2.07. The summed E-state index contributed by atoms with van der Waals surface area (Å²) < 4.78 is 0. The van der Waals surface area contributed by atoms with Crippen LogP contribution >= 0.6 is 0 Å². The van der Waals surface area contributed by atoms with E-state index in [2.05, 4.69) is 5.32 Å². The second-order valence-corrected chi connectivity index (χ2v) is 3.63. The molecule has 0 unspecified atom stereocenters. The molecule has 0 aliphatic heterocycles. The second kappa shape index (κ2) is 5.51. The van der Waals surface area contributed by atoms with Crippen LogP contribution < -0.4 is 5.32 Å². The van der Waals surface area contributed by atoms with E-state index in [1.165, 1.54) is 25.7 Å². The molecule has 0 bridgehead atoms. The van der Waals surface area contributed by atoms with Gasteiger partial charge in [0.2, 0.25) is 0 Å². The van der Waals surface area contributed by atoms with Gasteiger partial charge in [0.15, 0.2) is 0 Å². The number of aliphatic hydroxyl groups is 2. The van der Waals surface area contributed by atoms with Crippen molar-refractivity contribution in [3.05, 3.63) is 0 Å². The molecule has 1 rings (SSSR count). The van der Waals surface area contributed by atoms with Gasteiger partial charge in [0.25, 0.3) is 0 Å². The molecule has 3 nitrogen and oxygen atoms in total. The predicted molar refractivity (Wildman–Crippen MR) is 47.9 cm³/mol. The Morgan fingerprint density at radius 1 is 1.42 bits per heavy atom. The average molecular weight is 173 g/mol. The highest BCUT2D eigenvalue weighted by molar-refractivity contribution is 4.73. The van der Waals surface area contributed by atoms with Gasteiger partial charge in [-0.3, -0.25) is 0 Å². The Bertz CT molecular complexity index is 115. The Morgan fingerprint density at radius 3 is 2.75 bits per heavy atom. The van der Waals surface area contributed by atoms with Crippen LogP contribution in [0.15, 0.2) is 0 Å². The van der Waals surface area contributed by atoms with Gasteiger partial charge in [-0.2, -0.15) is 0 Å². The molecule has 0 amide bonds. The summed E-state index contributed by atoms with van der Waals surface area (Å²) in [6.07, 6.45) is 4.76. The van der Waals surface area contributed by atoms with E-state index in [1.807, 2.05) is 0 Å². The van der Waals surface area contributed by atoms with Crippen LogP contribution in [0, 0.1) is 5.92 Å². The van der Waals surface area contributed by atoms with Crippen molar-refractivity contribution in [1.82, 2.24) is 5.32 Å². The third kappa shape index (κ3) is 4.70. The fraction of sp³-hybridized carbons (Fsp3) is 1.00. The molecular weight excluding hydrogens is 154 g/mol. The number of aliphatic hydroxyl groups excluding tert-OH is 2. The van der Waals surface area contributed by atoms with E-state index in [0.29, 0.717) is 6.54 Å². The first-order chi connectivity index (χ1) is 5.83. The maximum Gasteiger partial charge on any atom is 0.0894 e. The normalized spacial score (nSPS) is 19.5. The Balaban J connectivity index is 1.75. The molecule has 3 heteroatoms. The fourth-order valence-electron chi connectivity index (χ4n) is 1.26. The van der Waals surface area contributed by atoms with Crippen LogP contribution in [0.4, 0.5) is 0 Å². The molecule has 0 saturated heterocycles. The molecule has 3 N–H and O–H groups in total. The minimum absolute atomic E-state index is 0.143. The lowest BCUT2D eigenvalue weighted by Crippen LogP contribution is -2.29. The van der Waals surface area contributed by atoms with E-state index in [1.54, 1.807) is 0 Å². The molecule has 0 spiro atoms. The summed E-state index contributed by atoms with van der Waals surface area (Å²) in [6.45, 7) is 1.34. The minimum Gasteiger partial charge on any atom is -0.394 e. The van der Waals surface area contributed by atoms with Gasteiger partial charge in [-0.15, -0.1) is 0 Å². The maximum atomic E-state index is 8.97. The summed E-state index contributed by atoms with van der Waals surface area (Å²) in [5.41, 5.74) is 0. The molecule has 1 aliphatic carbocycles. The molecule has 1 saturated carbocycles. The molecule has 1 fully saturated rings. The highest BCUT2D eigenvalue weighted by Crippen LogP contribution is 2.33. The van der Waals surface area contributed by atoms with Gasteiger partial charge in [0.05, 0.1) is 12.7 Å². The first kappa shape index (κ1) is 9.96. The highest BCUT2D eigenvalue weighted by atomic mass is 16.3. The van der Waals surface area contributed by atoms with Gasteiger partial charge in [-0.1, -0.05) is 12.8 Å². The molecule has 0 aromatic rings. The monoisotopic (exact) mass is 173 g/mol. The summed E-state index contributed by atoms with van der Waals surface area (Å²) in [4.78, 5) is 0. The molecule has 1 atom stereocenters.